The lowest BCUT2D eigenvalue weighted by Gasteiger charge is -2.04. The van der Waals surface area contributed by atoms with Crippen LogP contribution in [0.2, 0.25) is 0 Å². The molecule has 0 aliphatic carbocycles. The predicted molar refractivity (Wildman–Crippen MR) is 88.2 cm³/mol. The van der Waals surface area contributed by atoms with Crippen LogP contribution < -0.4 is 10.6 Å². The first kappa shape index (κ1) is 19.0. The number of ether oxygens (including phenoxy) is 1. The predicted octanol–water partition coefficient (Wildman–Crippen LogP) is 0.190. The van der Waals surface area contributed by atoms with Crippen molar-refractivity contribution in [1.29, 1.82) is 0 Å². The summed E-state index contributed by atoms with van der Waals surface area (Å²) in [5.74, 6) is -0.0768. The van der Waals surface area contributed by atoms with Crippen molar-refractivity contribution < 1.29 is 23.0 Å². The summed E-state index contributed by atoms with van der Waals surface area (Å²) < 4.78 is 31.6. The van der Waals surface area contributed by atoms with E-state index in [2.05, 4.69) is 19.9 Å². The maximum Gasteiger partial charge on any atom is 0.209 e. The van der Waals surface area contributed by atoms with E-state index >= 15 is 0 Å². The van der Waals surface area contributed by atoms with Crippen molar-refractivity contribution in [3.63, 3.8) is 0 Å². The van der Waals surface area contributed by atoms with E-state index in [-0.39, 0.29) is 36.9 Å². The topological polar surface area (TPSA) is 153 Å². The molecule has 0 aliphatic heterocycles. The van der Waals surface area contributed by atoms with E-state index in [4.69, 9.17) is 9.88 Å². The van der Waals surface area contributed by atoms with E-state index in [1.165, 1.54) is 0 Å². The summed E-state index contributed by atoms with van der Waals surface area (Å²) in [5.41, 5.74) is 3.46. The van der Waals surface area contributed by atoms with Gasteiger partial charge < -0.3 is 4.74 Å². The fourth-order valence-corrected chi connectivity index (χ4v) is 2.45. The standard InChI is InChI=1S/C14H19N5O5S/c15-25(21,22)8-4-7-23-10-12-13(19-24-18-12)14(17-20)16-9-11-5-2-1-3-6-11/h1-3,5-6,20H,4,7-10H2,(H,16,17)(H2,15,21,22). The van der Waals surface area contributed by atoms with E-state index in [0.29, 0.717) is 12.2 Å². The van der Waals surface area contributed by atoms with Crippen LogP contribution >= 0.6 is 0 Å². The molecule has 1 aromatic heterocycles. The lowest BCUT2D eigenvalue weighted by atomic mass is 10.2. The largest absolute Gasteiger partial charge is 0.375 e. The average molecular weight is 369 g/mol. The summed E-state index contributed by atoms with van der Waals surface area (Å²) in [6.07, 6.45) is 0.257. The van der Waals surface area contributed by atoms with E-state index < -0.39 is 10.0 Å². The molecule has 0 atom stereocenters. The van der Waals surface area contributed by atoms with Crippen molar-refractivity contribution >= 4 is 15.9 Å². The Morgan fingerprint density at radius 1 is 1.32 bits per heavy atom. The molecule has 0 fully saturated rings. The fraction of sp³-hybridized carbons (Fsp3) is 0.357. The van der Waals surface area contributed by atoms with Crippen molar-refractivity contribution in [2.75, 3.05) is 12.4 Å². The second-order valence-electron chi connectivity index (χ2n) is 5.09. The minimum absolute atomic E-state index is 0.0233. The third kappa shape index (κ3) is 6.58. The Morgan fingerprint density at radius 3 is 2.76 bits per heavy atom. The molecule has 0 unspecified atom stereocenters. The van der Waals surface area contributed by atoms with Crippen molar-refractivity contribution in [2.24, 2.45) is 10.1 Å². The van der Waals surface area contributed by atoms with Crippen molar-refractivity contribution in [1.82, 2.24) is 15.8 Å². The molecule has 0 bridgehead atoms. The maximum absolute atomic E-state index is 10.8. The highest BCUT2D eigenvalue weighted by atomic mass is 32.2. The number of hydrogen-bond acceptors (Lipinski definition) is 8. The van der Waals surface area contributed by atoms with Crippen LogP contribution in [0.1, 0.15) is 23.4 Å². The lowest BCUT2D eigenvalue weighted by Crippen LogP contribution is -2.23. The highest BCUT2D eigenvalue weighted by molar-refractivity contribution is 7.89. The molecular formula is C14H19N5O5S. The zero-order valence-corrected chi connectivity index (χ0v) is 14.1. The molecule has 136 valence electrons. The number of amidine groups is 1. The van der Waals surface area contributed by atoms with Crippen LogP contribution in [0.5, 0.6) is 0 Å². The van der Waals surface area contributed by atoms with Gasteiger partial charge in [0.2, 0.25) is 10.0 Å². The van der Waals surface area contributed by atoms with Crippen LogP contribution in [0.4, 0.5) is 0 Å². The van der Waals surface area contributed by atoms with Gasteiger partial charge >= 0.3 is 0 Å². The molecule has 4 N–H and O–H groups in total. The first-order chi connectivity index (χ1) is 12.0. The molecule has 25 heavy (non-hydrogen) atoms. The number of hydrogen-bond donors (Lipinski definition) is 3. The van der Waals surface area contributed by atoms with E-state index in [9.17, 15) is 13.6 Å². The number of rotatable bonds is 9. The van der Waals surface area contributed by atoms with Gasteiger partial charge in [-0.05, 0) is 17.1 Å². The zero-order chi connectivity index (χ0) is 18.1. The van der Waals surface area contributed by atoms with Crippen LogP contribution in [0.3, 0.4) is 0 Å². The van der Waals surface area contributed by atoms with E-state index in [1.54, 1.807) is 0 Å². The number of aliphatic imine (C=N–C) groups is 1. The zero-order valence-electron chi connectivity index (χ0n) is 13.3. The van der Waals surface area contributed by atoms with Gasteiger partial charge in [0, 0.05) is 6.61 Å². The minimum Gasteiger partial charge on any atom is -0.375 e. The number of hydroxylamine groups is 1. The minimum atomic E-state index is -3.51. The Morgan fingerprint density at radius 2 is 2.08 bits per heavy atom. The number of primary sulfonamides is 1. The van der Waals surface area contributed by atoms with Gasteiger partial charge in [-0.15, -0.1) is 0 Å². The third-order valence-electron chi connectivity index (χ3n) is 3.11. The summed E-state index contributed by atoms with van der Waals surface area (Å²) in [6.45, 7) is 0.520. The van der Waals surface area contributed by atoms with Crippen molar-refractivity contribution in [3.05, 3.63) is 47.3 Å². The molecule has 1 aromatic carbocycles. The summed E-state index contributed by atoms with van der Waals surface area (Å²) in [4.78, 5) is 4.23. The smallest absolute Gasteiger partial charge is 0.209 e. The van der Waals surface area contributed by atoms with E-state index in [1.807, 2.05) is 35.8 Å². The van der Waals surface area contributed by atoms with Gasteiger partial charge in [-0.2, -0.15) is 0 Å². The molecule has 2 rings (SSSR count). The second kappa shape index (κ2) is 9.22. The van der Waals surface area contributed by atoms with Crippen LogP contribution in [0.15, 0.2) is 40.0 Å². The Bertz CT molecular complexity index is 791. The van der Waals surface area contributed by atoms with Gasteiger partial charge in [0.1, 0.15) is 5.69 Å². The van der Waals surface area contributed by atoms with Gasteiger partial charge in [0.25, 0.3) is 0 Å². The average Bonchev–Trinajstić information content (AvgIpc) is 3.03. The number of aromatic nitrogens is 2. The van der Waals surface area contributed by atoms with Gasteiger partial charge in [-0.3, -0.25) is 15.7 Å². The number of nitrogens with zero attached hydrogens (tertiary/aromatic N) is 3. The fourth-order valence-electron chi connectivity index (χ4n) is 1.93. The highest BCUT2D eigenvalue weighted by Gasteiger charge is 2.16. The molecule has 0 amide bonds. The van der Waals surface area contributed by atoms with Crippen LogP contribution in [0.25, 0.3) is 0 Å². The third-order valence-corrected chi connectivity index (χ3v) is 3.96. The van der Waals surface area contributed by atoms with Gasteiger partial charge in [-0.25, -0.2) is 18.2 Å². The SMILES string of the molecule is NS(=O)(=O)CCCOCc1nonc1C(=NCc1ccccc1)NO. The number of sulfonamides is 1. The van der Waals surface area contributed by atoms with Gasteiger partial charge in [0.15, 0.2) is 11.5 Å². The summed E-state index contributed by atoms with van der Waals surface area (Å²) in [6, 6.07) is 9.46. The second-order valence-corrected chi connectivity index (χ2v) is 6.83. The first-order valence-electron chi connectivity index (χ1n) is 7.38. The number of nitrogens with two attached hydrogens (primary N) is 1. The van der Waals surface area contributed by atoms with E-state index in [0.717, 1.165) is 5.56 Å². The molecule has 0 saturated carbocycles. The van der Waals surface area contributed by atoms with Crippen LogP contribution in [0, 0.1) is 0 Å². The van der Waals surface area contributed by atoms with Crippen molar-refractivity contribution in [3.8, 4) is 0 Å². The molecule has 0 radical (unpaired) electrons. The van der Waals surface area contributed by atoms with Crippen LogP contribution in [-0.2, 0) is 27.9 Å². The maximum atomic E-state index is 10.8. The summed E-state index contributed by atoms with van der Waals surface area (Å²) in [7, 11) is -3.51. The lowest BCUT2D eigenvalue weighted by molar-refractivity contribution is 0.116. The Hall–Kier alpha value is -2.34. The molecular weight excluding hydrogens is 350 g/mol. The summed E-state index contributed by atoms with van der Waals surface area (Å²) in [5, 5.41) is 21.6. The molecule has 0 saturated heterocycles. The van der Waals surface area contributed by atoms with Crippen molar-refractivity contribution in [2.45, 2.75) is 19.6 Å². The summed E-state index contributed by atoms with van der Waals surface area (Å²) >= 11 is 0. The number of benzene rings is 1. The van der Waals surface area contributed by atoms with Gasteiger partial charge in [-0.1, -0.05) is 35.5 Å². The Kier molecular flexibility index (Phi) is 7.01. The Balaban J connectivity index is 1.93. The quantitative estimate of drug-likeness (QED) is 0.245. The van der Waals surface area contributed by atoms with Crippen LogP contribution in [-0.4, -0.2) is 42.1 Å². The van der Waals surface area contributed by atoms with Gasteiger partial charge in [0.05, 0.1) is 18.9 Å². The molecule has 0 aliphatic rings. The molecule has 0 spiro atoms. The first-order valence-corrected chi connectivity index (χ1v) is 9.09. The molecule has 10 nitrogen and oxygen atoms in total. The highest BCUT2D eigenvalue weighted by Crippen LogP contribution is 2.08. The molecule has 11 heteroatoms. The normalized spacial score (nSPS) is 12.3. The monoisotopic (exact) mass is 369 g/mol. The molecule has 1 heterocycles. The Labute approximate surface area is 144 Å². The number of nitrogens with one attached hydrogen (secondary N) is 1. The molecule has 2 aromatic rings.